The topological polar surface area (TPSA) is 142 Å². The van der Waals surface area contributed by atoms with Crippen LogP contribution in [0.1, 0.15) is 10.4 Å². The molecule has 126 valence electrons. The van der Waals surface area contributed by atoms with Crippen LogP contribution in [0.25, 0.3) is 27.6 Å². The molecule has 0 aliphatic carbocycles. The fourth-order valence-electron chi connectivity index (χ4n) is 2.84. The van der Waals surface area contributed by atoms with E-state index in [1.165, 1.54) is 36.4 Å². The molecule has 0 aliphatic heterocycles. The molecular formula is C15H9N3O6S. The maximum Gasteiger partial charge on any atom is 0.335 e. The van der Waals surface area contributed by atoms with Crippen molar-refractivity contribution < 1.29 is 22.9 Å². The molecule has 0 saturated carbocycles. The van der Waals surface area contributed by atoms with E-state index in [1.54, 1.807) is 0 Å². The highest BCUT2D eigenvalue weighted by molar-refractivity contribution is 7.86. The largest absolute Gasteiger partial charge is 0.478 e. The number of carboxylic acids is 1. The van der Waals surface area contributed by atoms with E-state index < -0.39 is 26.7 Å². The van der Waals surface area contributed by atoms with E-state index in [1.807, 2.05) is 0 Å². The molecule has 4 rings (SSSR count). The minimum absolute atomic E-state index is 0.00418. The van der Waals surface area contributed by atoms with Gasteiger partial charge in [0.1, 0.15) is 4.90 Å². The highest BCUT2D eigenvalue weighted by Gasteiger charge is 2.20. The third-order valence-corrected chi connectivity index (χ3v) is 4.77. The van der Waals surface area contributed by atoms with Crippen LogP contribution in [0.15, 0.2) is 46.1 Å². The molecule has 0 bridgehead atoms. The summed E-state index contributed by atoms with van der Waals surface area (Å²) in [7, 11) is -4.56. The summed E-state index contributed by atoms with van der Waals surface area (Å²) in [6.07, 6.45) is 0. The van der Waals surface area contributed by atoms with Gasteiger partial charge in [0.2, 0.25) is 0 Å². The average molecular weight is 359 g/mol. The lowest BCUT2D eigenvalue weighted by Crippen LogP contribution is -2.17. The Bertz CT molecular complexity index is 1370. The van der Waals surface area contributed by atoms with Crippen molar-refractivity contribution in [3.05, 3.63) is 52.4 Å². The number of carboxylic acid groups (broad SMARTS) is 1. The van der Waals surface area contributed by atoms with Gasteiger partial charge in [-0.15, -0.1) is 0 Å². The predicted molar refractivity (Wildman–Crippen MR) is 87.6 cm³/mol. The van der Waals surface area contributed by atoms with Crippen molar-refractivity contribution in [2.45, 2.75) is 4.90 Å². The number of nitrogens with zero attached hydrogens (tertiary/aromatic N) is 2. The summed E-state index contributed by atoms with van der Waals surface area (Å²) in [5.74, 6) is -1.16. The second-order valence-corrected chi connectivity index (χ2v) is 6.75. The summed E-state index contributed by atoms with van der Waals surface area (Å²) in [6.45, 7) is 0. The molecule has 2 aromatic heterocycles. The van der Waals surface area contributed by atoms with Gasteiger partial charge in [-0.25, -0.2) is 19.0 Å². The first-order chi connectivity index (χ1) is 11.8. The minimum Gasteiger partial charge on any atom is -0.478 e. The van der Waals surface area contributed by atoms with Gasteiger partial charge in [0.05, 0.1) is 27.5 Å². The van der Waals surface area contributed by atoms with Crippen molar-refractivity contribution in [1.82, 2.24) is 14.4 Å². The number of fused-ring (bicyclic) bond motifs is 5. The smallest absolute Gasteiger partial charge is 0.335 e. The summed E-state index contributed by atoms with van der Waals surface area (Å²) < 4.78 is 34.0. The van der Waals surface area contributed by atoms with Crippen LogP contribution in [0.5, 0.6) is 0 Å². The highest BCUT2D eigenvalue weighted by Crippen LogP contribution is 2.27. The van der Waals surface area contributed by atoms with Crippen molar-refractivity contribution in [2.75, 3.05) is 0 Å². The van der Waals surface area contributed by atoms with E-state index in [4.69, 9.17) is 5.11 Å². The molecule has 0 fully saturated rings. The van der Waals surface area contributed by atoms with E-state index in [2.05, 4.69) is 9.97 Å². The van der Waals surface area contributed by atoms with E-state index in [9.17, 15) is 22.6 Å². The first-order valence-corrected chi connectivity index (χ1v) is 8.39. The molecule has 3 N–H and O–H groups in total. The normalized spacial score (nSPS) is 12.2. The fourth-order valence-corrected chi connectivity index (χ4v) is 3.55. The molecule has 10 heteroatoms. The Balaban J connectivity index is 2.29. The van der Waals surface area contributed by atoms with E-state index in [0.717, 1.165) is 4.40 Å². The molecule has 25 heavy (non-hydrogen) atoms. The second-order valence-electron chi connectivity index (χ2n) is 5.36. The van der Waals surface area contributed by atoms with Gasteiger partial charge in [0.25, 0.3) is 10.1 Å². The number of nitrogens with one attached hydrogen (secondary N) is 1. The van der Waals surface area contributed by atoms with Crippen LogP contribution in [-0.4, -0.2) is 38.4 Å². The Kier molecular flexibility index (Phi) is 2.99. The number of aromatic amines is 1. The maximum absolute atomic E-state index is 12.4. The van der Waals surface area contributed by atoms with Gasteiger partial charge in [-0.3, -0.25) is 4.55 Å². The first-order valence-electron chi connectivity index (χ1n) is 6.95. The lowest BCUT2D eigenvalue weighted by atomic mass is 10.2. The van der Waals surface area contributed by atoms with E-state index in [-0.39, 0.29) is 27.6 Å². The number of aromatic nitrogens is 3. The zero-order chi connectivity index (χ0) is 17.9. The van der Waals surface area contributed by atoms with Crippen LogP contribution in [0.3, 0.4) is 0 Å². The lowest BCUT2D eigenvalue weighted by molar-refractivity contribution is 0.0697. The number of aromatic carboxylic acids is 1. The summed E-state index contributed by atoms with van der Waals surface area (Å²) in [5, 5.41) is 9.12. The number of rotatable bonds is 2. The highest BCUT2D eigenvalue weighted by atomic mass is 32.2. The van der Waals surface area contributed by atoms with Crippen LogP contribution in [0.4, 0.5) is 0 Å². The zero-order valence-electron chi connectivity index (χ0n) is 12.3. The third kappa shape index (κ3) is 2.19. The molecule has 0 aliphatic rings. The minimum atomic E-state index is -4.56. The number of H-pyrrole nitrogens is 1. The molecule has 0 atom stereocenters. The van der Waals surface area contributed by atoms with E-state index in [0.29, 0.717) is 5.52 Å². The van der Waals surface area contributed by atoms with Gasteiger partial charge in [-0.2, -0.15) is 8.42 Å². The molecule has 0 unspecified atom stereocenters. The van der Waals surface area contributed by atoms with Crippen LogP contribution in [0, 0.1) is 0 Å². The van der Waals surface area contributed by atoms with Crippen LogP contribution in [0.2, 0.25) is 0 Å². The third-order valence-electron chi connectivity index (χ3n) is 3.87. The van der Waals surface area contributed by atoms with Crippen LogP contribution < -0.4 is 5.69 Å². The molecular weight excluding hydrogens is 350 g/mol. The molecule has 0 amide bonds. The van der Waals surface area contributed by atoms with Crippen molar-refractivity contribution in [2.24, 2.45) is 0 Å². The Hall–Kier alpha value is -3.24. The Morgan fingerprint density at radius 3 is 2.64 bits per heavy atom. The fraction of sp³-hybridized carbons (Fsp3) is 0. The molecule has 2 aromatic carbocycles. The van der Waals surface area contributed by atoms with Crippen molar-refractivity contribution >= 4 is 43.7 Å². The molecule has 0 radical (unpaired) electrons. The summed E-state index contributed by atoms with van der Waals surface area (Å²) in [5.41, 5.74) is 0.120. The predicted octanol–water partition coefficient (Wildman–Crippen LogP) is 1.27. The van der Waals surface area contributed by atoms with Gasteiger partial charge in [-0.05, 0) is 30.3 Å². The number of hydrogen-bond donors (Lipinski definition) is 3. The number of imidazole rings is 1. The second kappa shape index (κ2) is 4.88. The van der Waals surface area contributed by atoms with Gasteiger partial charge in [-0.1, -0.05) is 6.07 Å². The molecule has 9 nitrogen and oxygen atoms in total. The summed E-state index contributed by atoms with van der Waals surface area (Å²) >= 11 is 0. The molecule has 0 spiro atoms. The Morgan fingerprint density at radius 2 is 1.96 bits per heavy atom. The Labute approximate surface area is 138 Å². The monoisotopic (exact) mass is 359 g/mol. The standard InChI is InChI=1S/C15H9N3O6S/c19-14(20)7-4-5-10-9(6-7)16-13-12-8(17-15(21)18(10)13)2-1-3-11(12)25(22,23)24/h1-6H,(H,17,21)(H,19,20)(H,22,23,24). The number of carbonyl (C=O) groups is 1. The quantitative estimate of drug-likeness (QED) is 0.458. The summed E-state index contributed by atoms with van der Waals surface area (Å²) in [4.78, 5) is 29.9. The van der Waals surface area contributed by atoms with Crippen LogP contribution >= 0.6 is 0 Å². The summed E-state index contributed by atoms with van der Waals surface area (Å²) in [6, 6.07) is 8.06. The van der Waals surface area contributed by atoms with Gasteiger partial charge in [0, 0.05) is 0 Å². The SMILES string of the molecule is O=C(O)c1ccc2c(c1)nc1c3c(S(=O)(=O)O)cccc3[nH]c(=O)n21. The molecule has 4 aromatic rings. The average Bonchev–Trinajstić information content (AvgIpc) is 2.92. The van der Waals surface area contributed by atoms with Crippen molar-refractivity contribution in [3.8, 4) is 0 Å². The Morgan fingerprint density at radius 1 is 1.20 bits per heavy atom. The van der Waals surface area contributed by atoms with Gasteiger partial charge < -0.3 is 10.1 Å². The van der Waals surface area contributed by atoms with E-state index >= 15 is 0 Å². The molecule has 0 saturated heterocycles. The van der Waals surface area contributed by atoms with Gasteiger partial charge in [0.15, 0.2) is 5.65 Å². The first kappa shape index (κ1) is 15.3. The van der Waals surface area contributed by atoms with Gasteiger partial charge >= 0.3 is 11.7 Å². The van der Waals surface area contributed by atoms with Crippen molar-refractivity contribution in [1.29, 1.82) is 0 Å². The lowest BCUT2D eigenvalue weighted by Gasteiger charge is -2.05. The number of benzene rings is 2. The van der Waals surface area contributed by atoms with Crippen molar-refractivity contribution in [3.63, 3.8) is 0 Å². The maximum atomic E-state index is 12.4. The zero-order valence-corrected chi connectivity index (χ0v) is 13.1. The number of hydrogen-bond acceptors (Lipinski definition) is 5. The van der Waals surface area contributed by atoms with Crippen LogP contribution in [-0.2, 0) is 10.1 Å². The molecule has 2 heterocycles.